The van der Waals surface area contributed by atoms with Crippen LogP contribution in [0.3, 0.4) is 0 Å². The number of benzene rings is 3. The fourth-order valence-corrected chi connectivity index (χ4v) is 6.35. The molecular weight excluding hydrogens is 468 g/mol. The van der Waals surface area contributed by atoms with Crippen LogP contribution in [0.4, 0.5) is 5.69 Å². The maximum absolute atomic E-state index is 12.9. The van der Waals surface area contributed by atoms with Crippen molar-refractivity contribution in [1.29, 1.82) is 0 Å². The molecule has 0 bridgehead atoms. The van der Waals surface area contributed by atoms with E-state index in [4.69, 9.17) is 9.47 Å². The summed E-state index contributed by atoms with van der Waals surface area (Å²) in [7, 11) is -0.445. The van der Waals surface area contributed by atoms with E-state index in [1.54, 1.807) is 38.6 Å². The molecule has 0 aliphatic heterocycles. The fraction of sp³-hybridized carbons (Fsp3) is 0.115. The minimum atomic E-state index is -3.66. The molecule has 2 aromatic heterocycles. The monoisotopic (exact) mass is 490 g/mol. The minimum Gasteiger partial charge on any atom is -0.493 e. The van der Waals surface area contributed by atoms with Gasteiger partial charge in [-0.05, 0) is 59.3 Å². The number of nitrogens with zero attached hydrogens (tertiary/aromatic N) is 1. The molecule has 0 amide bonds. The highest BCUT2D eigenvalue weighted by atomic mass is 32.2. The maximum atomic E-state index is 12.9. The van der Waals surface area contributed by atoms with Crippen molar-refractivity contribution in [3.8, 4) is 11.5 Å². The van der Waals surface area contributed by atoms with Crippen LogP contribution >= 0.6 is 11.3 Å². The number of aromatic nitrogens is 1. The van der Waals surface area contributed by atoms with Crippen LogP contribution in [0.1, 0.15) is 11.1 Å². The van der Waals surface area contributed by atoms with Crippen LogP contribution < -0.4 is 14.2 Å². The molecular formula is C26H22N2O4S2. The molecule has 6 nitrogen and oxygen atoms in total. The molecule has 0 aliphatic rings. The van der Waals surface area contributed by atoms with E-state index in [0.717, 1.165) is 32.1 Å². The summed E-state index contributed by atoms with van der Waals surface area (Å²) in [5.74, 6) is 1.28. The molecule has 5 aromatic rings. The van der Waals surface area contributed by atoms with Gasteiger partial charge in [-0.25, -0.2) is 8.42 Å². The highest BCUT2D eigenvalue weighted by Gasteiger charge is 2.18. The van der Waals surface area contributed by atoms with Crippen LogP contribution in [0.5, 0.6) is 11.5 Å². The molecule has 172 valence electrons. The van der Waals surface area contributed by atoms with Crippen molar-refractivity contribution < 1.29 is 17.9 Å². The molecule has 8 heteroatoms. The van der Waals surface area contributed by atoms with E-state index in [1.807, 2.05) is 54.6 Å². The molecule has 5 rings (SSSR count). The van der Waals surface area contributed by atoms with Crippen LogP contribution in [0.15, 0.2) is 83.2 Å². The van der Waals surface area contributed by atoms with Gasteiger partial charge in [0.25, 0.3) is 10.0 Å². The van der Waals surface area contributed by atoms with Gasteiger partial charge in [-0.1, -0.05) is 30.3 Å². The number of sulfonamides is 1. The van der Waals surface area contributed by atoms with Crippen LogP contribution in [-0.4, -0.2) is 27.6 Å². The lowest BCUT2D eigenvalue weighted by molar-refractivity contribution is 0.356. The summed E-state index contributed by atoms with van der Waals surface area (Å²) in [4.78, 5) is 4.46. The zero-order chi connectivity index (χ0) is 23.7. The SMILES string of the molecule is COc1cc2nccc(Cc3ccc(NS(=O)(=O)c4cc5ccccc5s4)cc3)c2cc1OC. The van der Waals surface area contributed by atoms with Crippen LogP contribution in [-0.2, 0) is 16.4 Å². The van der Waals surface area contributed by atoms with Crippen molar-refractivity contribution in [2.24, 2.45) is 0 Å². The Bertz CT molecular complexity index is 1560. The van der Waals surface area contributed by atoms with Gasteiger partial charge in [-0.15, -0.1) is 11.3 Å². The molecule has 0 unspecified atom stereocenters. The van der Waals surface area contributed by atoms with Crippen molar-refractivity contribution >= 4 is 48.0 Å². The number of ether oxygens (including phenoxy) is 2. The summed E-state index contributed by atoms with van der Waals surface area (Å²) in [5.41, 5.74) is 3.48. The summed E-state index contributed by atoms with van der Waals surface area (Å²) < 4.78 is 40.5. The van der Waals surface area contributed by atoms with Gasteiger partial charge in [0.05, 0.1) is 19.7 Å². The topological polar surface area (TPSA) is 77.5 Å². The predicted molar refractivity (Wildman–Crippen MR) is 137 cm³/mol. The lowest BCUT2D eigenvalue weighted by atomic mass is 10.0. The zero-order valence-corrected chi connectivity index (χ0v) is 20.2. The standard InChI is InChI=1S/C26H22N2O4S2/c1-31-23-15-21-18(11-12-27-22(21)16-24(23)32-2)13-17-7-9-20(10-8-17)28-34(29,30)26-14-19-5-3-4-6-25(19)33-26/h3-12,14-16,28H,13H2,1-2H3. The lowest BCUT2D eigenvalue weighted by Gasteiger charge is -2.12. The van der Waals surface area contributed by atoms with E-state index in [0.29, 0.717) is 27.8 Å². The molecule has 0 aliphatic carbocycles. The van der Waals surface area contributed by atoms with Crippen LogP contribution in [0, 0.1) is 0 Å². The number of hydrogen-bond acceptors (Lipinski definition) is 6. The molecule has 0 saturated heterocycles. The Kier molecular flexibility index (Phi) is 5.85. The molecule has 2 heterocycles. The lowest BCUT2D eigenvalue weighted by Crippen LogP contribution is -2.11. The Morgan fingerprint density at radius 2 is 1.65 bits per heavy atom. The first-order valence-corrected chi connectivity index (χ1v) is 12.9. The maximum Gasteiger partial charge on any atom is 0.271 e. The number of hydrogen-bond donors (Lipinski definition) is 1. The number of anilines is 1. The summed E-state index contributed by atoms with van der Waals surface area (Å²) >= 11 is 1.26. The second-order valence-electron chi connectivity index (χ2n) is 7.78. The molecule has 1 N–H and O–H groups in total. The third-order valence-corrected chi connectivity index (χ3v) is 8.58. The molecule has 34 heavy (non-hydrogen) atoms. The zero-order valence-electron chi connectivity index (χ0n) is 18.6. The van der Waals surface area contributed by atoms with E-state index in [2.05, 4.69) is 9.71 Å². The van der Waals surface area contributed by atoms with Crippen molar-refractivity contribution in [2.75, 3.05) is 18.9 Å². The van der Waals surface area contributed by atoms with Gasteiger partial charge in [-0.3, -0.25) is 9.71 Å². The normalized spacial score (nSPS) is 11.6. The van der Waals surface area contributed by atoms with E-state index < -0.39 is 10.0 Å². The van der Waals surface area contributed by atoms with Crippen molar-refractivity contribution in [1.82, 2.24) is 4.98 Å². The van der Waals surface area contributed by atoms with Gasteiger partial charge in [0.2, 0.25) is 0 Å². The van der Waals surface area contributed by atoms with Gasteiger partial charge in [0.1, 0.15) is 4.21 Å². The second kappa shape index (κ2) is 8.96. The molecule has 3 aromatic carbocycles. The number of methoxy groups -OCH3 is 2. The first-order valence-electron chi connectivity index (χ1n) is 10.6. The Balaban J connectivity index is 1.38. The Hall–Kier alpha value is -3.62. The van der Waals surface area contributed by atoms with E-state index in [1.165, 1.54) is 11.3 Å². The number of thiophene rings is 1. The number of rotatable bonds is 7. The Labute approximate surface area is 201 Å². The summed E-state index contributed by atoms with van der Waals surface area (Å²) in [6.07, 6.45) is 2.44. The van der Waals surface area contributed by atoms with Gasteiger partial charge >= 0.3 is 0 Å². The largest absolute Gasteiger partial charge is 0.493 e. The average Bonchev–Trinajstić information content (AvgIpc) is 3.30. The predicted octanol–water partition coefficient (Wildman–Crippen LogP) is 5.86. The number of fused-ring (bicyclic) bond motifs is 2. The minimum absolute atomic E-state index is 0.297. The molecule has 0 saturated carbocycles. The van der Waals surface area contributed by atoms with E-state index in [-0.39, 0.29) is 0 Å². The van der Waals surface area contributed by atoms with Gasteiger partial charge in [-0.2, -0.15) is 0 Å². The highest BCUT2D eigenvalue weighted by molar-refractivity contribution is 7.94. The summed E-state index contributed by atoms with van der Waals surface area (Å²) in [6.45, 7) is 0. The molecule has 0 radical (unpaired) electrons. The van der Waals surface area contributed by atoms with Gasteiger partial charge in [0, 0.05) is 28.0 Å². The van der Waals surface area contributed by atoms with Crippen molar-refractivity contribution in [2.45, 2.75) is 10.6 Å². The van der Waals surface area contributed by atoms with Crippen molar-refractivity contribution in [3.63, 3.8) is 0 Å². The Morgan fingerprint density at radius 1 is 0.912 bits per heavy atom. The first-order chi connectivity index (χ1) is 16.5. The second-order valence-corrected chi connectivity index (χ2v) is 10.8. The average molecular weight is 491 g/mol. The first kappa shape index (κ1) is 22.2. The van der Waals surface area contributed by atoms with E-state index in [9.17, 15) is 8.42 Å². The quantitative estimate of drug-likeness (QED) is 0.309. The molecule has 0 atom stereocenters. The molecule has 0 fully saturated rings. The Morgan fingerprint density at radius 3 is 2.38 bits per heavy atom. The third-order valence-electron chi connectivity index (χ3n) is 5.61. The fourth-order valence-electron chi connectivity index (χ4n) is 3.89. The third kappa shape index (κ3) is 4.30. The molecule has 0 spiro atoms. The van der Waals surface area contributed by atoms with Crippen LogP contribution in [0.25, 0.3) is 21.0 Å². The van der Waals surface area contributed by atoms with Gasteiger partial charge in [0.15, 0.2) is 11.5 Å². The van der Waals surface area contributed by atoms with Crippen molar-refractivity contribution in [3.05, 3.63) is 90.1 Å². The number of pyridine rings is 1. The number of nitrogens with one attached hydrogen (secondary N) is 1. The summed E-state index contributed by atoms with van der Waals surface area (Å²) in [5, 5.41) is 1.90. The summed E-state index contributed by atoms with van der Waals surface area (Å²) in [6, 6.07) is 22.5. The smallest absolute Gasteiger partial charge is 0.271 e. The van der Waals surface area contributed by atoms with E-state index >= 15 is 0 Å². The highest BCUT2D eigenvalue weighted by Crippen LogP contribution is 2.34. The van der Waals surface area contributed by atoms with Crippen LogP contribution in [0.2, 0.25) is 0 Å². The van der Waals surface area contributed by atoms with Gasteiger partial charge < -0.3 is 9.47 Å².